The zero-order valence-electron chi connectivity index (χ0n) is 8.80. The molecule has 2 heteroatoms. The SMILES string of the molecule is O=C(O)CCCC1(C2CCC2)CCC1. The van der Waals surface area contributed by atoms with Crippen molar-refractivity contribution in [2.24, 2.45) is 11.3 Å². The van der Waals surface area contributed by atoms with Crippen molar-refractivity contribution in [2.45, 2.75) is 57.8 Å². The standard InChI is InChI=1S/C12H20O2/c13-11(14)6-2-7-12(8-3-9-12)10-4-1-5-10/h10H,1-9H2,(H,13,14). The number of aliphatic carboxylic acids is 1. The topological polar surface area (TPSA) is 37.3 Å². The van der Waals surface area contributed by atoms with Crippen LogP contribution in [0.1, 0.15) is 57.8 Å². The number of hydrogen-bond acceptors (Lipinski definition) is 1. The lowest BCUT2D eigenvalue weighted by Gasteiger charge is -2.52. The van der Waals surface area contributed by atoms with E-state index in [1.165, 1.54) is 44.9 Å². The second-order valence-electron chi connectivity index (χ2n) is 5.09. The monoisotopic (exact) mass is 196 g/mol. The van der Waals surface area contributed by atoms with Crippen LogP contribution in [0.2, 0.25) is 0 Å². The van der Waals surface area contributed by atoms with Gasteiger partial charge in [0, 0.05) is 6.42 Å². The summed E-state index contributed by atoms with van der Waals surface area (Å²) in [7, 11) is 0. The van der Waals surface area contributed by atoms with E-state index in [1.807, 2.05) is 0 Å². The first kappa shape index (κ1) is 10.0. The van der Waals surface area contributed by atoms with Crippen molar-refractivity contribution in [3.05, 3.63) is 0 Å². The second kappa shape index (κ2) is 3.92. The summed E-state index contributed by atoms with van der Waals surface area (Å²) in [5, 5.41) is 8.61. The Balaban J connectivity index is 1.77. The molecule has 0 saturated heterocycles. The molecule has 0 aromatic carbocycles. The Hall–Kier alpha value is -0.530. The van der Waals surface area contributed by atoms with Gasteiger partial charge in [0.1, 0.15) is 0 Å². The minimum Gasteiger partial charge on any atom is -0.481 e. The molecule has 0 heterocycles. The number of hydrogen-bond donors (Lipinski definition) is 1. The maximum Gasteiger partial charge on any atom is 0.303 e. The van der Waals surface area contributed by atoms with Crippen LogP contribution in [-0.2, 0) is 4.79 Å². The Morgan fingerprint density at radius 3 is 2.36 bits per heavy atom. The molecule has 2 saturated carbocycles. The lowest BCUT2D eigenvalue weighted by atomic mass is 9.53. The predicted octanol–water partition coefficient (Wildman–Crippen LogP) is 3.21. The van der Waals surface area contributed by atoms with Gasteiger partial charge in [-0.05, 0) is 49.9 Å². The fourth-order valence-electron chi connectivity index (χ4n) is 3.11. The molecule has 14 heavy (non-hydrogen) atoms. The van der Waals surface area contributed by atoms with Crippen LogP contribution in [0.4, 0.5) is 0 Å². The molecule has 0 aliphatic heterocycles. The molecule has 0 spiro atoms. The highest BCUT2D eigenvalue weighted by molar-refractivity contribution is 5.66. The second-order valence-corrected chi connectivity index (χ2v) is 5.09. The third-order valence-corrected chi connectivity index (χ3v) is 4.39. The molecule has 0 unspecified atom stereocenters. The lowest BCUT2D eigenvalue weighted by Crippen LogP contribution is -2.40. The molecule has 0 atom stereocenters. The molecule has 2 fully saturated rings. The van der Waals surface area contributed by atoms with Gasteiger partial charge in [0.25, 0.3) is 0 Å². The fraction of sp³-hybridized carbons (Fsp3) is 0.917. The number of carboxylic acid groups (broad SMARTS) is 1. The van der Waals surface area contributed by atoms with Crippen molar-refractivity contribution >= 4 is 5.97 Å². The summed E-state index contributed by atoms with van der Waals surface area (Å²) < 4.78 is 0. The quantitative estimate of drug-likeness (QED) is 0.733. The zero-order chi connectivity index (χ0) is 10.0. The van der Waals surface area contributed by atoms with Crippen LogP contribution in [0.5, 0.6) is 0 Å². The van der Waals surface area contributed by atoms with Crippen molar-refractivity contribution in [3.8, 4) is 0 Å². The van der Waals surface area contributed by atoms with E-state index < -0.39 is 5.97 Å². The summed E-state index contributed by atoms with van der Waals surface area (Å²) in [6.07, 6.45) is 10.8. The van der Waals surface area contributed by atoms with E-state index in [9.17, 15) is 4.79 Å². The Kier molecular flexibility index (Phi) is 2.80. The Morgan fingerprint density at radius 1 is 1.29 bits per heavy atom. The summed E-state index contributed by atoms with van der Waals surface area (Å²) in [5.74, 6) is 0.318. The highest BCUT2D eigenvalue weighted by Gasteiger charge is 2.45. The molecule has 80 valence electrons. The van der Waals surface area contributed by atoms with E-state index in [2.05, 4.69) is 0 Å². The molecule has 0 aromatic rings. The smallest absolute Gasteiger partial charge is 0.303 e. The minimum atomic E-state index is -0.631. The maximum absolute atomic E-state index is 10.4. The molecule has 2 rings (SSSR count). The van der Waals surface area contributed by atoms with Crippen molar-refractivity contribution in [2.75, 3.05) is 0 Å². The van der Waals surface area contributed by atoms with E-state index in [4.69, 9.17) is 5.11 Å². The molecule has 2 nitrogen and oxygen atoms in total. The lowest BCUT2D eigenvalue weighted by molar-refractivity contribution is -0.137. The Morgan fingerprint density at radius 2 is 2.00 bits per heavy atom. The summed E-state index contributed by atoms with van der Waals surface area (Å²) in [4.78, 5) is 10.4. The van der Waals surface area contributed by atoms with Crippen molar-refractivity contribution in [1.82, 2.24) is 0 Å². The van der Waals surface area contributed by atoms with Crippen LogP contribution >= 0.6 is 0 Å². The zero-order valence-corrected chi connectivity index (χ0v) is 8.80. The molecule has 0 bridgehead atoms. The third-order valence-electron chi connectivity index (χ3n) is 4.39. The molecular weight excluding hydrogens is 176 g/mol. The van der Waals surface area contributed by atoms with Crippen LogP contribution < -0.4 is 0 Å². The van der Waals surface area contributed by atoms with E-state index in [0.29, 0.717) is 11.8 Å². The third kappa shape index (κ3) is 1.79. The van der Waals surface area contributed by atoms with E-state index >= 15 is 0 Å². The fourth-order valence-corrected chi connectivity index (χ4v) is 3.11. The molecule has 2 aliphatic rings. The largest absolute Gasteiger partial charge is 0.481 e. The van der Waals surface area contributed by atoms with Crippen molar-refractivity contribution in [3.63, 3.8) is 0 Å². The molecule has 1 N–H and O–H groups in total. The maximum atomic E-state index is 10.4. The van der Waals surface area contributed by atoms with Crippen LogP contribution in [0.3, 0.4) is 0 Å². The van der Waals surface area contributed by atoms with E-state index in [0.717, 1.165) is 12.3 Å². The number of rotatable bonds is 5. The van der Waals surface area contributed by atoms with Gasteiger partial charge in [-0.1, -0.05) is 12.8 Å². The highest BCUT2D eigenvalue weighted by atomic mass is 16.4. The van der Waals surface area contributed by atoms with Gasteiger partial charge in [-0.15, -0.1) is 0 Å². The van der Waals surface area contributed by atoms with Crippen LogP contribution in [-0.4, -0.2) is 11.1 Å². The van der Waals surface area contributed by atoms with Gasteiger partial charge in [0.2, 0.25) is 0 Å². The molecule has 0 radical (unpaired) electrons. The van der Waals surface area contributed by atoms with Crippen LogP contribution in [0, 0.1) is 11.3 Å². The summed E-state index contributed by atoms with van der Waals surface area (Å²) >= 11 is 0. The molecular formula is C12H20O2. The minimum absolute atomic E-state index is 0.370. The average Bonchev–Trinajstić information content (AvgIpc) is 1.95. The first-order valence-electron chi connectivity index (χ1n) is 5.95. The highest BCUT2D eigenvalue weighted by Crippen LogP contribution is 2.57. The van der Waals surface area contributed by atoms with Crippen LogP contribution in [0.25, 0.3) is 0 Å². The Labute approximate surface area is 85.7 Å². The van der Waals surface area contributed by atoms with E-state index in [1.54, 1.807) is 0 Å². The van der Waals surface area contributed by atoms with Gasteiger partial charge in [0.05, 0.1) is 0 Å². The normalized spacial score (nSPS) is 25.1. The number of carboxylic acids is 1. The summed E-state index contributed by atoms with van der Waals surface area (Å²) in [6.45, 7) is 0. The average molecular weight is 196 g/mol. The molecule has 0 aromatic heterocycles. The first-order chi connectivity index (χ1) is 6.73. The molecule has 2 aliphatic carbocycles. The van der Waals surface area contributed by atoms with Gasteiger partial charge < -0.3 is 5.11 Å². The first-order valence-corrected chi connectivity index (χ1v) is 5.95. The number of carbonyl (C=O) groups is 1. The van der Waals surface area contributed by atoms with Gasteiger partial charge in [0.15, 0.2) is 0 Å². The van der Waals surface area contributed by atoms with Gasteiger partial charge >= 0.3 is 5.97 Å². The summed E-state index contributed by atoms with van der Waals surface area (Å²) in [6, 6.07) is 0. The van der Waals surface area contributed by atoms with Gasteiger partial charge in [-0.3, -0.25) is 4.79 Å². The van der Waals surface area contributed by atoms with Crippen LogP contribution in [0.15, 0.2) is 0 Å². The predicted molar refractivity (Wildman–Crippen MR) is 55.1 cm³/mol. The summed E-state index contributed by atoms with van der Waals surface area (Å²) in [5.41, 5.74) is 0.591. The van der Waals surface area contributed by atoms with Crippen molar-refractivity contribution in [1.29, 1.82) is 0 Å². The van der Waals surface area contributed by atoms with Gasteiger partial charge in [-0.25, -0.2) is 0 Å². The van der Waals surface area contributed by atoms with Crippen molar-refractivity contribution < 1.29 is 9.90 Å². The molecule has 0 amide bonds. The van der Waals surface area contributed by atoms with Gasteiger partial charge in [-0.2, -0.15) is 0 Å². The van der Waals surface area contributed by atoms with E-state index in [-0.39, 0.29) is 0 Å². The Bertz CT molecular complexity index is 214.